The zero-order valence-electron chi connectivity index (χ0n) is 25.7. The van der Waals surface area contributed by atoms with Gasteiger partial charge in [-0.1, -0.05) is 6.58 Å². The quantitative estimate of drug-likeness (QED) is 0.0775. The molecule has 0 unspecified atom stereocenters. The van der Waals surface area contributed by atoms with Crippen molar-refractivity contribution in [2.24, 2.45) is 20.5 Å². The van der Waals surface area contributed by atoms with Gasteiger partial charge in [0.15, 0.2) is 15.7 Å². The lowest BCUT2D eigenvalue weighted by Gasteiger charge is -2.15. The number of sulfone groups is 1. The largest absolute Gasteiger partial charge is 0.382 e. The van der Waals surface area contributed by atoms with Gasteiger partial charge in [-0.05, 0) is 62.7 Å². The van der Waals surface area contributed by atoms with Crippen LogP contribution in [0.3, 0.4) is 0 Å². The maximum Gasteiger partial charge on any atom is 0.296 e. The van der Waals surface area contributed by atoms with E-state index in [0.717, 1.165) is 23.6 Å². The van der Waals surface area contributed by atoms with E-state index in [1.807, 2.05) is 13.0 Å². The summed E-state index contributed by atoms with van der Waals surface area (Å²) in [5.41, 5.74) is 0.274. The Morgan fingerprint density at radius 1 is 0.917 bits per heavy atom. The Kier molecular flexibility index (Phi) is 13.0. The van der Waals surface area contributed by atoms with Crippen LogP contribution in [-0.2, 0) is 34.8 Å². The molecular formula is C28H32N8O9S3. The average molecular weight is 721 g/mol. The highest BCUT2D eigenvalue weighted by Crippen LogP contribution is 2.37. The van der Waals surface area contributed by atoms with Gasteiger partial charge in [0.1, 0.15) is 28.2 Å². The van der Waals surface area contributed by atoms with E-state index in [4.69, 9.17) is 9.29 Å². The Balaban J connectivity index is 2.00. The highest BCUT2D eigenvalue weighted by molar-refractivity contribution is 7.94. The lowest BCUT2D eigenvalue weighted by molar-refractivity contribution is 0.147. The molecule has 4 N–H and O–H groups in total. The number of anilines is 2. The smallest absolute Gasteiger partial charge is 0.296 e. The topological polar surface area (TPSA) is 262 Å². The number of nitriles is 1. The SMILES string of the molecule is C=CS(=O)(=O)CCNc1nc(NCCCOCC)c(N=Nc2ccc(N=Nc3ccc(S(=O)(=O)O)cc3)cc2S(=O)(=O)O)c(C)c1C#N. The van der Waals surface area contributed by atoms with Gasteiger partial charge in [0, 0.05) is 37.3 Å². The molecule has 3 rings (SSSR count). The second kappa shape index (κ2) is 16.4. The number of azo groups is 2. The summed E-state index contributed by atoms with van der Waals surface area (Å²) in [6, 6.07) is 10.3. The van der Waals surface area contributed by atoms with Gasteiger partial charge in [-0.25, -0.2) is 13.4 Å². The van der Waals surface area contributed by atoms with Crippen LogP contribution in [0, 0.1) is 18.3 Å². The van der Waals surface area contributed by atoms with Crippen molar-refractivity contribution in [1.29, 1.82) is 5.26 Å². The molecule has 0 saturated heterocycles. The maximum atomic E-state index is 12.3. The van der Waals surface area contributed by atoms with E-state index in [2.05, 4.69) is 42.7 Å². The minimum atomic E-state index is -4.87. The second-order valence-electron chi connectivity index (χ2n) is 9.70. The van der Waals surface area contributed by atoms with Crippen LogP contribution < -0.4 is 10.6 Å². The monoisotopic (exact) mass is 720 g/mol. The molecule has 20 heteroatoms. The van der Waals surface area contributed by atoms with Gasteiger partial charge in [-0.2, -0.15) is 32.3 Å². The van der Waals surface area contributed by atoms with Crippen LogP contribution in [0.15, 0.2) is 84.7 Å². The summed E-state index contributed by atoms with van der Waals surface area (Å²) in [7, 11) is -12.8. The molecule has 0 bridgehead atoms. The van der Waals surface area contributed by atoms with E-state index in [9.17, 15) is 35.1 Å². The zero-order chi connectivity index (χ0) is 35.5. The molecule has 1 aromatic heterocycles. The molecule has 2 aromatic carbocycles. The van der Waals surface area contributed by atoms with Crippen LogP contribution in [-0.4, -0.2) is 71.4 Å². The van der Waals surface area contributed by atoms with E-state index in [-0.39, 0.29) is 62.7 Å². The zero-order valence-corrected chi connectivity index (χ0v) is 28.2. The third kappa shape index (κ3) is 10.7. The summed E-state index contributed by atoms with van der Waals surface area (Å²) in [6.07, 6.45) is 0.569. The third-order valence-electron chi connectivity index (χ3n) is 6.32. The highest BCUT2D eigenvalue weighted by Gasteiger charge is 2.20. The van der Waals surface area contributed by atoms with Crippen molar-refractivity contribution in [1.82, 2.24) is 4.98 Å². The summed E-state index contributed by atoms with van der Waals surface area (Å²) >= 11 is 0. The van der Waals surface area contributed by atoms with Gasteiger partial charge in [-0.3, -0.25) is 9.11 Å². The van der Waals surface area contributed by atoms with Crippen molar-refractivity contribution < 1.29 is 39.1 Å². The third-order valence-corrected chi connectivity index (χ3v) is 9.35. The number of hydrogen-bond acceptors (Lipinski definition) is 15. The van der Waals surface area contributed by atoms with Crippen LogP contribution >= 0.6 is 0 Å². The average Bonchev–Trinajstić information content (AvgIpc) is 3.03. The Hall–Kier alpha value is -4.65. The number of ether oxygens (including phenoxy) is 1. The summed E-state index contributed by atoms with van der Waals surface area (Å²) in [6.45, 7) is 7.94. The fourth-order valence-corrected chi connectivity index (χ4v) is 5.56. The standard InChI is InChI=1S/C28H32N8O9S3/c1-4-45-15-6-13-30-28-26(19(3)23(18-29)27(32-28)31-14-16-46(37,38)5-2)36-35-24-12-9-21(17-25(24)48(42,43)44)34-33-20-7-10-22(11-8-20)47(39,40)41/h5,7-12,17H,2,4,6,13-16H2,1,3H3,(H2,30,31,32)(H,39,40,41)(H,42,43,44). The lowest BCUT2D eigenvalue weighted by atomic mass is 10.1. The van der Waals surface area contributed by atoms with E-state index in [1.54, 1.807) is 6.92 Å². The molecule has 0 saturated carbocycles. The van der Waals surface area contributed by atoms with Crippen LogP contribution in [0.4, 0.5) is 34.4 Å². The number of pyridine rings is 1. The molecule has 48 heavy (non-hydrogen) atoms. The molecule has 0 fully saturated rings. The minimum Gasteiger partial charge on any atom is -0.382 e. The Morgan fingerprint density at radius 2 is 1.56 bits per heavy atom. The van der Waals surface area contributed by atoms with Gasteiger partial charge >= 0.3 is 0 Å². The van der Waals surface area contributed by atoms with Crippen LogP contribution in [0.1, 0.15) is 24.5 Å². The van der Waals surface area contributed by atoms with Crippen LogP contribution in [0.2, 0.25) is 0 Å². The molecule has 1 heterocycles. The van der Waals surface area contributed by atoms with Gasteiger partial charge in [-0.15, -0.1) is 10.2 Å². The fourth-order valence-electron chi connectivity index (χ4n) is 3.88. The van der Waals surface area contributed by atoms with Gasteiger partial charge in [0.2, 0.25) is 0 Å². The molecule has 3 aromatic rings. The van der Waals surface area contributed by atoms with Crippen molar-refractivity contribution in [2.75, 3.05) is 42.7 Å². The van der Waals surface area contributed by atoms with E-state index < -0.39 is 35.0 Å². The Morgan fingerprint density at radius 3 is 2.17 bits per heavy atom. The summed E-state index contributed by atoms with van der Waals surface area (Å²) in [5.74, 6) is -0.0595. The highest BCUT2D eigenvalue weighted by atomic mass is 32.2. The van der Waals surface area contributed by atoms with Crippen LogP contribution in [0.25, 0.3) is 0 Å². The second-order valence-corrected chi connectivity index (χ2v) is 14.6. The Bertz CT molecular complexity index is 2080. The van der Waals surface area contributed by atoms with Gasteiger partial charge in [0.05, 0.1) is 27.6 Å². The summed E-state index contributed by atoms with van der Waals surface area (Å²) < 4.78 is 95.1. The maximum absolute atomic E-state index is 12.3. The molecular weight excluding hydrogens is 689 g/mol. The first kappa shape index (κ1) is 37.8. The van der Waals surface area contributed by atoms with E-state index in [1.165, 1.54) is 24.3 Å². The molecule has 0 radical (unpaired) electrons. The normalized spacial score (nSPS) is 12.3. The first-order valence-corrected chi connectivity index (χ1v) is 18.6. The molecule has 17 nitrogen and oxygen atoms in total. The number of aromatic nitrogens is 1. The summed E-state index contributed by atoms with van der Waals surface area (Å²) in [4.78, 5) is 3.42. The van der Waals surface area contributed by atoms with Gasteiger partial charge < -0.3 is 15.4 Å². The predicted octanol–water partition coefficient (Wildman–Crippen LogP) is 5.39. The number of nitrogens with one attached hydrogen (secondary N) is 2. The van der Waals surface area contributed by atoms with Crippen LogP contribution in [0.5, 0.6) is 0 Å². The lowest BCUT2D eigenvalue weighted by Crippen LogP contribution is -2.16. The number of hydrogen-bond donors (Lipinski definition) is 4. The van der Waals surface area contributed by atoms with Crippen molar-refractivity contribution in [2.45, 2.75) is 30.1 Å². The molecule has 0 aliphatic carbocycles. The number of rotatable bonds is 17. The molecule has 256 valence electrons. The van der Waals surface area contributed by atoms with Crippen molar-refractivity contribution in [3.8, 4) is 6.07 Å². The predicted molar refractivity (Wildman–Crippen MR) is 177 cm³/mol. The molecule has 0 atom stereocenters. The molecule has 0 aliphatic heterocycles. The van der Waals surface area contributed by atoms with Crippen molar-refractivity contribution in [3.63, 3.8) is 0 Å². The Labute approximate surface area is 277 Å². The van der Waals surface area contributed by atoms with E-state index >= 15 is 0 Å². The van der Waals surface area contributed by atoms with Crippen molar-refractivity contribution in [3.05, 3.63) is 65.6 Å². The molecule has 0 aliphatic rings. The number of nitrogens with zero attached hydrogens (tertiary/aromatic N) is 6. The fraction of sp³-hybridized carbons (Fsp3) is 0.286. The summed E-state index contributed by atoms with van der Waals surface area (Å²) in [5, 5.41) is 32.7. The van der Waals surface area contributed by atoms with Gasteiger partial charge in [0.25, 0.3) is 20.2 Å². The first-order valence-electron chi connectivity index (χ1n) is 14.0. The molecule has 0 amide bonds. The number of benzene rings is 2. The van der Waals surface area contributed by atoms with Crippen molar-refractivity contribution >= 4 is 64.5 Å². The first-order chi connectivity index (χ1) is 22.6. The minimum absolute atomic E-state index is 0.0180. The molecule has 0 spiro atoms. The van der Waals surface area contributed by atoms with E-state index in [0.29, 0.717) is 26.2 Å².